The van der Waals surface area contributed by atoms with Gasteiger partial charge in [-0.05, 0) is 74.4 Å². The third-order valence-corrected chi connectivity index (χ3v) is 7.76. The van der Waals surface area contributed by atoms with Crippen LogP contribution in [0.3, 0.4) is 0 Å². The molecule has 5 nitrogen and oxygen atoms in total. The average Bonchev–Trinajstić information content (AvgIpc) is 3.31. The van der Waals surface area contributed by atoms with Gasteiger partial charge in [-0.15, -0.1) is 0 Å². The topological polar surface area (TPSA) is 58.4 Å². The summed E-state index contributed by atoms with van der Waals surface area (Å²) in [5.41, 5.74) is 2.54. The Hall–Kier alpha value is -2.99. The molecule has 6 heteroatoms. The number of fused-ring (bicyclic) bond motifs is 1. The zero-order valence-corrected chi connectivity index (χ0v) is 20.2. The van der Waals surface area contributed by atoms with Crippen LogP contribution in [0.1, 0.15) is 55.7 Å². The van der Waals surface area contributed by atoms with E-state index in [2.05, 4.69) is 15.4 Å². The summed E-state index contributed by atoms with van der Waals surface area (Å²) in [6.07, 6.45) is 10.5. The third-order valence-electron chi connectivity index (χ3n) is 7.76. The first-order chi connectivity index (χ1) is 17.2. The number of carbonyl (C=O) groups is 1. The highest BCUT2D eigenvalue weighted by Crippen LogP contribution is 2.35. The fraction of sp³-hybridized carbons (Fsp3) is 0.448. The summed E-state index contributed by atoms with van der Waals surface area (Å²) in [5.74, 6) is 1.20. The highest BCUT2D eigenvalue weighted by atomic mass is 19.1. The van der Waals surface area contributed by atoms with Gasteiger partial charge in [-0.2, -0.15) is 0 Å². The van der Waals surface area contributed by atoms with E-state index in [9.17, 15) is 9.18 Å². The fourth-order valence-corrected chi connectivity index (χ4v) is 5.77. The van der Waals surface area contributed by atoms with Crippen LogP contribution >= 0.6 is 0 Å². The first-order valence-corrected chi connectivity index (χ1v) is 12.9. The maximum atomic E-state index is 13.5. The molecule has 1 saturated carbocycles. The van der Waals surface area contributed by atoms with Gasteiger partial charge in [-0.3, -0.25) is 4.79 Å². The number of aromatic nitrogens is 1. The highest BCUT2D eigenvalue weighted by Gasteiger charge is 2.30. The Kier molecular flexibility index (Phi) is 7.57. The summed E-state index contributed by atoms with van der Waals surface area (Å²) in [6.45, 7) is 3.92. The maximum Gasteiger partial charge on any atom is 0.244 e. The van der Waals surface area contributed by atoms with Crippen LogP contribution in [0.5, 0.6) is 0 Å². The van der Waals surface area contributed by atoms with Crippen LogP contribution in [0.2, 0.25) is 0 Å². The number of carbonyl (C=O) groups excluding carboxylic acids is 1. The normalized spacial score (nSPS) is 22.1. The Morgan fingerprint density at radius 1 is 1.06 bits per heavy atom. The molecule has 184 valence electrons. The van der Waals surface area contributed by atoms with E-state index in [-0.39, 0.29) is 11.7 Å². The summed E-state index contributed by atoms with van der Waals surface area (Å²) < 4.78 is 18.9. The van der Waals surface area contributed by atoms with Crippen LogP contribution in [0.25, 0.3) is 17.0 Å². The van der Waals surface area contributed by atoms with Crippen LogP contribution < -0.4 is 5.32 Å². The molecular formula is C29H34FN3O2. The lowest BCUT2D eigenvalue weighted by Crippen LogP contribution is -2.42. The number of hydrogen-bond acceptors (Lipinski definition) is 4. The number of nitrogens with zero attached hydrogens (tertiary/aromatic N) is 2. The molecule has 2 atom stereocenters. The minimum atomic E-state index is -0.291. The smallest absolute Gasteiger partial charge is 0.244 e. The van der Waals surface area contributed by atoms with Crippen molar-refractivity contribution < 1.29 is 13.7 Å². The monoisotopic (exact) mass is 475 g/mol. The molecule has 1 N–H and O–H groups in total. The Labute approximate surface area is 206 Å². The van der Waals surface area contributed by atoms with Crippen molar-refractivity contribution >= 4 is 23.0 Å². The predicted molar refractivity (Wildman–Crippen MR) is 136 cm³/mol. The minimum absolute atomic E-state index is 0.0151. The number of likely N-dealkylation sites (tertiary alicyclic amines) is 1. The van der Waals surface area contributed by atoms with Crippen molar-refractivity contribution in [1.29, 1.82) is 0 Å². The summed E-state index contributed by atoms with van der Waals surface area (Å²) in [4.78, 5) is 15.0. The van der Waals surface area contributed by atoms with E-state index < -0.39 is 0 Å². The number of piperidine rings is 1. The van der Waals surface area contributed by atoms with E-state index in [0.29, 0.717) is 23.3 Å². The predicted octanol–water partition coefficient (Wildman–Crippen LogP) is 5.78. The molecule has 2 fully saturated rings. The Morgan fingerprint density at radius 3 is 2.63 bits per heavy atom. The molecule has 35 heavy (non-hydrogen) atoms. The molecule has 0 unspecified atom stereocenters. The second-order valence-electron chi connectivity index (χ2n) is 10.1. The number of benzene rings is 2. The first kappa shape index (κ1) is 23.7. The van der Waals surface area contributed by atoms with Crippen molar-refractivity contribution in [2.75, 3.05) is 26.2 Å². The zero-order chi connectivity index (χ0) is 24.0. The van der Waals surface area contributed by atoms with Crippen molar-refractivity contribution in [3.05, 3.63) is 71.7 Å². The fourth-order valence-electron chi connectivity index (χ4n) is 5.77. The zero-order valence-electron chi connectivity index (χ0n) is 20.2. The quantitative estimate of drug-likeness (QED) is 0.440. The molecule has 0 bridgehead atoms. The molecule has 0 radical (unpaired) electrons. The number of amides is 1. The van der Waals surface area contributed by atoms with E-state index in [1.165, 1.54) is 37.8 Å². The lowest BCUT2D eigenvalue weighted by molar-refractivity contribution is -0.116. The van der Waals surface area contributed by atoms with Gasteiger partial charge in [0, 0.05) is 36.5 Å². The number of hydrogen-bond donors (Lipinski definition) is 1. The van der Waals surface area contributed by atoms with E-state index in [0.717, 1.165) is 55.7 Å². The maximum absolute atomic E-state index is 13.5. The molecule has 1 aliphatic carbocycles. The second kappa shape index (κ2) is 11.2. The number of halogens is 1. The van der Waals surface area contributed by atoms with Gasteiger partial charge in [0.1, 0.15) is 5.82 Å². The van der Waals surface area contributed by atoms with Gasteiger partial charge >= 0.3 is 0 Å². The van der Waals surface area contributed by atoms with Crippen LogP contribution in [0.15, 0.2) is 59.1 Å². The van der Waals surface area contributed by atoms with Gasteiger partial charge in [-0.1, -0.05) is 48.3 Å². The average molecular weight is 476 g/mol. The van der Waals surface area contributed by atoms with E-state index >= 15 is 0 Å². The van der Waals surface area contributed by atoms with E-state index in [1.54, 1.807) is 12.1 Å². The number of nitrogens with one attached hydrogen (secondary N) is 1. The van der Waals surface area contributed by atoms with Crippen LogP contribution in [-0.4, -0.2) is 42.1 Å². The Bertz CT molecular complexity index is 1150. The molecule has 2 aromatic carbocycles. The molecule has 3 aromatic rings. The third kappa shape index (κ3) is 5.99. The van der Waals surface area contributed by atoms with Gasteiger partial charge in [-0.25, -0.2) is 4.39 Å². The molecule has 1 aromatic heterocycles. The minimum Gasteiger partial charge on any atom is -0.356 e. The second-order valence-corrected chi connectivity index (χ2v) is 10.1. The summed E-state index contributed by atoms with van der Waals surface area (Å²) in [7, 11) is 0. The molecule has 1 aliphatic heterocycles. The van der Waals surface area contributed by atoms with Crippen molar-refractivity contribution in [2.24, 2.45) is 11.8 Å². The van der Waals surface area contributed by atoms with Gasteiger partial charge in [0.25, 0.3) is 0 Å². The van der Waals surface area contributed by atoms with Crippen molar-refractivity contribution in [1.82, 2.24) is 15.4 Å². The van der Waals surface area contributed by atoms with E-state index in [1.807, 2.05) is 36.4 Å². The van der Waals surface area contributed by atoms with Crippen molar-refractivity contribution in [3.63, 3.8) is 0 Å². The molecule has 2 aliphatic rings. The Morgan fingerprint density at radius 2 is 1.83 bits per heavy atom. The Balaban J connectivity index is 1.11. The lowest BCUT2D eigenvalue weighted by atomic mass is 9.78. The molecular weight excluding hydrogens is 441 g/mol. The SMILES string of the molecule is O=C(C=Cc1ccccc1)NC[C@@H]1CCCC[C@H]1CN1CCC(c2noc3cc(F)ccc23)CC1. The van der Waals surface area contributed by atoms with Gasteiger partial charge in [0.05, 0.1) is 5.69 Å². The molecule has 1 saturated heterocycles. The summed E-state index contributed by atoms with van der Waals surface area (Å²) in [5, 5.41) is 8.37. The van der Waals surface area contributed by atoms with Crippen molar-refractivity contribution in [2.45, 2.75) is 44.4 Å². The van der Waals surface area contributed by atoms with E-state index in [4.69, 9.17) is 4.52 Å². The number of rotatable bonds is 7. The summed E-state index contributed by atoms with van der Waals surface area (Å²) in [6, 6.07) is 14.6. The first-order valence-electron chi connectivity index (χ1n) is 12.9. The molecule has 1 amide bonds. The highest BCUT2D eigenvalue weighted by molar-refractivity contribution is 5.91. The van der Waals surface area contributed by atoms with Gasteiger partial charge < -0.3 is 14.7 Å². The summed E-state index contributed by atoms with van der Waals surface area (Å²) >= 11 is 0. The molecule has 5 rings (SSSR count). The molecule has 2 heterocycles. The van der Waals surface area contributed by atoms with Crippen LogP contribution in [0, 0.1) is 17.7 Å². The van der Waals surface area contributed by atoms with Crippen LogP contribution in [0.4, 0.5) is 4.39 Å². The lowest BCUT2D eigenvalue weighted by Gasteiger charge is -2.38. The van der Waals surface area contributed by atoms with Gasteiger partial charge in [0.15, 0.2) is 5.58 Å². The van der Waals surface area contributed by atoms with Crippen molar-refractivity contribution in [3.8, 4) is 0 Å². The molecule has 0 spiro atoms. The largest absolute Gasteiger partial charge is 0.356 e. The van der Waals surface area contributed by atoms with Crippen LogP contribution in [-0.2, 0) is 4.79 Å². The standard InChI is InChI=1S/C29H34FN3O2/c30-25-11-12-26-27(18-25)35-32-29(26)22-14-16-33(17-15-22)20-24-9-5-4-8-23(24)19-31-28(34)13-10-21-6-2-1-3-7-21/h1-3,6-7,10-13,18,22-24H,4-5,8-9,14-17,19-20H2,(H,31,34)/t23-,24-/m0/s1. The van der Waals surface area contributed by atoms with Gasteiger partial charge in [0.2, 0.25) is 5.91 Å².